The van der Waals surface area contributed by atoms with Crippen LogP contribution < -0.4 is 10.1 Å². The quantitative estimate of drug-likeness (QED) is 0.839. The molecule has 1 saturated heterocycles. The maximum Gasteiger partial charge on any atom is 0.289 e. The van der Waals surface area contributed by atoms with Crippen LogP contribution in [0.25, 0.3) is 0 Å². The summed E-state index contributed by atoms with van der Waals surface area (Å²) in [6, 6.07) is 11.4. The zero-order chi connectivity index (χ0) is 17.5. The summed E-state index contributed by atoms with van der Waals surface area (Å²) < 4.78 is 11.2. The molecule has 0 atom stereocenters. The number of benzene rings is 1. The Hall–Kier alpha value is -2.27. The number of nitrogens with one attached hydrogen (secondary N) is 1. The number of nitrogens with zero attached hydrogens (tertiary/aromatic N) is 1. The standard InChI is InChI=1S/C20H26N2O3/c1-21-11-7-16-8-12-22(13-9-16)20(23)19-17(10-14-24-19)15-25-18-5-3-2-4-6-18/h2-6,10,14,16,21H,7-9,11-13,15H2,1H3. The highest BCUT2D eigenvalue weighted by Gasteiger charge is 2.26. The smallest absolute Gasteiger partial charge is 0.289 e. The minimum absolute atomic E-state index is 0.0243. The molecular formula is C20H26N2O3. The fraction of sp³-hybridized carbons (Fsp3) is 0.450. The van der Waals surface area contributed by atoms with E-state index in [4.69, 9.17) is 9.15 Å². The van der Waals surface area contributed by atoms with Gasteiger partial charge in [0.25, 0.3) is 5.91 Å². The number of likely N-dealkylation sites (tertiary alicyclic amines) is 1. The number of carbonyl (C=O) groups is 1. The van der Waals surface area contributed by atoms with Gasteiger partial charge in [-0.2, -0.15) is 0 Å². The fourth-order valence-corrected chi connectivity index (χ4v) is 3.23. The van der Waals surface area contributed by atoms with Gasteiger partial charge in [0.05, 0.1) is 6.26 Å². The second kappa shape index (κ2) is 8.72. The molecule has 1 aromatic heterocycles. The normalized spacial score (nSPS) is 15.3. The van der Waals surface area contributed by atoms with Gasteiger partial charge in [0.15, 0.2) is 5.76 Å². The van der Waals surface area contributed by atoms with Crippen molar-refractivity contribution in [3.63, 3.8) is 0 Å². The Morgan fingerprint density at radius 2 is 2.00 bits per heavy atom. The molecule has 2 aromatic rings. The molecule has 3 rings (SSSR count). The molecule has 1 aliphatic rings. The molecule has 0 bridgehead atoms. The minimum Gasteiger partial charge on any atom is -0.489 e. The summed E-state index contributed by atoms with van der Waals surface area (Å²) in [4.78, 5) is 14.7. The third kappa shape index (κ3) is 4.63. The van der Waals surface area contributed by atoms with Crippen LogP contribution in [0.5, 0.6) is 5.75 Å². The Balaban J connectivity index is 1.56. The van der Waals surface area contributed by atoms with E-state index in [-0.39, 0.29) is 5.91 Å². The summed E-state index contributed by atoms with van der Waals surface area (Å²) >= 11 is 0. The SMILES string of the molecule is CNCCC1CCN(C(=O)c2occc2COc2ccccc2)CC1. The molecule has 0 aliphatic carbocycles. The third-order valence-corrected chi connectivity index (χ3v) is 4.78. The summed E-state index contributed by atoms with van der Waals surface area (Å²) in [6.07, 6.45) is 4.86. The fourth-order valence-electron chi connectivity index (χ4n) is 3.23. The molecule has 134 valence electrons. The Morgan fingerprint density at radius 1 is 1.24 bits per heavy atom. The average molecular weight is 342 g/mol. The lowest BCUT2D eigenvalue weighted by atomic mass is 9.93. The van der Waals surface area contributed by atoms with Crippen molar-refractivity contribution in [3.8, 4) is 5.75 Å². The predicted molar refractivity (Wildman–Crippen MR) is 96.7 cm³/mol. The number of para-hydroxylation sites is 1. The van der Waals surface area contributed by atoms with Gasteiger partial charge >= 0.3 is 0 Å². The van der Waals surface area contributed by atoms with Crippen molar-refractivity contribution in [1.82, 2.24) is 10.2 Å². The van der Waals surface area contributed by atoms with Gasteiger partial charge in [0, 0.05) is 18.7 Å². The van der Waals surface area contributed by atoms with Crippen molar-refractivity contribution in [2.24, 2.45) is 5.92 Å². The van der Waals surface area contributed by atoms with Gasteiger partial charge in [-0.15, -0.1) is 0 Å². The van der Waals surface area contributed by atoms with Gasteiger partial charge in [-0.3, -0.25) is 4.79 Å². The topological polar surface area (TPSA) is 54.7 Å². The molecule has 1 fully saturated rings. The molecule has 2 heterocycles. The Labute approximate surface area is 149 Å². The van der Waals surface area contributed by atoms with Gasteiger partial charge in [-0.05, 0) is 57.0 Å². The van der Waals surface area contributed by atoms with Crippen molar-refractivity contribution >= 4 is 5.91 Å². The maximum absolute atomic E-state index is 12.8. The number of rotatable bonds is 7. The lowest BCUT2D eigenvalue weighted by Crippen LogP contribution is -2.39. The van der Waals surface area contributed by atoms with Gasteiger partial charge in [0.2, 0.25) is 0 Å². The number of piperidine rings is 1. The summed E-state index contributed by atoms with van der Waals surface area (Å²) in [7, 11) is 1.98. The highest BCUT2D eigenvalue weighted by atomic mass is 16.5. The van der Waals surface area contributed by atoms with Crippen molar-refractivity contribution in [2.75, 3.05) is 26.7 Å². The Kier molecular flexibility index (Phi) is 6.12. The number of furan rings is 1. The molecule has 0 spiro atoms. The van der Waals surface area contributed by atoms with E-state index in [9.17, 15) is 4.79 Å². The maximum atomic E-state index is 12.8. The Morgan fingerprint density at radius 3 is 2.72 bits per heavy atom. The van der Waals surface area contributed by atoms with E-state index in [1.807, 2.05) is 48.3 Å². The molecule has 1 N–H and O–H groups in total. The molecule has 25 heavy (non-hydrogen) atoms. The van der Waals surface area contributed by atoms with E-state index in [0.29, 0.717) is 18.3 Å². The summed E-state index contributed by atoms with van der Waals surface area (Å²) in [5.41, 5.74) is 0.797. The number of amides is 1. The Bertz CT molecular complexity index is 661. The summed E-state index contributed by atoms with van der Waals surface area (Å²) in [6.45, 7) is 2.97. The zero-order valence-electron chi connectivity index (χ0n) is 14.7. The number of ether oxygens (including phenoxy) is 1. The van der Waals surface area contributed by atoms with Gasteiger partial charge < -0.3 is 19.4 Å². The van der Waals surface area contributed by atoms with Crippen molar-refractivity contribution in [2.45, 2.75) is 25.9 Å². The van der Waals surface area contributed by atoms with Gasteiger partial charge in [0.1, 0.15) is 12.4 Å². The van der Waals surface area contributed by atoms with Crippen LogP contribution in [0.1, 0.15) is 35.4 Å². The lowest BCUT2D eigenvalue weighted by Gasteiger charge is -2.31. The molecule has 1 aliphatic heterocycles. The summed E-state index contributed by atoms with van der Waals surface area (Å²) in [5.74, 6) is 1.87. The molecule has 0 unspecified atom stereocenters. The monoisotopic (exact) mass is 342 g/mol. The van der Waals surface area contributed by atoms with Gasteiger partial charge in [-0.1, -0.05) is 18.2 Å². The van der Waals surface area contributed by atoms with Crippen molar-refractivity contribution in [3.05, 3.63) is 54.0 Å². The molecule has 0 radical (unpaired) electrons. The van der Waals surface area contributed by atoms with Crippen LogP contribution >= 0.6 is 0 Å². The largest absolute Gasteiger partial charge is 0.489 e. The number of hydrogen-bond acceptors (Lipinski definition) is 4. The highest BCUT2D eigenvalue weighted by Crippen LogP contribution is 2.23. The van der Waals surface area contributed by atoms with E-state index >= 15 is 0 Å². The van der Waals surface area contributed by atoms with Crippen LogP contribution in [0.3, 0.4) is 0 Å². The van der Waals surface area contributed by atoms with Crippen LogP contribution in [0.4, 0.5) is 0 Å². The zero-order valence-corrected chi connectivity index (χ0v) is 14.7. The first-order valence-electron chi connectivity index (χ1n) is 8.96. The van der Waals surface area contributed by atoms with Crippen LogP contribution in [-0.4, -0.2) is 37.5 Å². The molecule has 5 nitrogen and oxygen atoms in total. The van der Waals surface area contributed by atoms with Crippen LogP contribution in [0.2, 0.25) is 0 Å². The number of carbonyl (C=O) groups excluding carboxylic acids is 1. The van der Waals surface area contributed by atoms with Crippen LogP contribution in [0, 0.1) is 5.92 Å². The molecule has 5 heteroatoms. The second-order valence-electron chi connectivity index (χ2n) is 6.50. The highest BCUT2D eigenvalue weighted by molar-refractivity contribution is 5.93. The first-order valence-corrected chi connectivity index (χ1v) is 8.96. The van der Waals surface area contributed by atoms with E-state index in [1.54, 1.807) is 6.26 Å². The van der Waals surface area contributed by atoms with Crippen LogP contribution in [0.15, 0.2) is 47.1 Å². The summed E-state index contributed by atoms with van der Waals surface area (Å²) in [5, 5.41) is 3.20. The first kappa shape index (κ1) is 17.5. The molecule has 1 amide bonds. The second-order valence-corrected chi connectivity index (χ2v) is 6.50. The third-order valence-electron chi connectivity index (χ3n) is 4.78. The van der Waals surface area contributed by atoms with Crippen LogP contribution in [-0.2, 0) is 6.61 Å². The van der Waals surface area contributed by atoms with Gasteiger partial charge in [-0.25, -0.2) is 0 Å². The average Bonchev–Trinajstić information content (AvgIpc) is 3.14. The van der Waals surface area contributed by atoms with E-state index < -0.39 is 0 Å². The van der Waals surface area contributed by atoms with E-state index in [0.717, 1.165) is 43.8 Å². The van der Waals surface area contributed by atoms with Crippen molar-refractivity contribution < 1.29 is 13.9 Å². The predicted octanol–water partition coefficient (Wildman–Crippen LogP) is 3.32. The first-order chi connectivity index (χ1) is 12.3. The van der Waals surface area contributed by atoms with E-state index in [1.165, 1.54) is 6.42 Å². The minimum atomic E-state index is -0.0243. The van der Waals surface area contributed by atoms with E-state index in [2.05, 4.69) is 5.32 Å². The lowest BCUT2D eigenvalue weighted by molar-refractivity contribution is 0.0651. The van der Waals surface area contributed by atoms with Crippen molar-refractivity contribution in [1.29, 1.82) is 0 Å². The molecule has 0 saturated carbocycles. The molecule has 1 aromatic carbocycles. The number of hydrogen-bond donors (Lipinski definition) is 1. The molecular weight excluding hydrogens is 316 g/mol.